The third kappa shape index (κ3) is 3.06. The minimum Gasteiger partial charge on any atom is -0.454 e. The van der Waals surface area contributed by atoms with Gasteiger partial charge in [0, 0.05) is 31.0 Å². The molecule has 0 saturated carbocycles. The number of nitrogens with zero attached hydrogens (tertiary/aromatic N) is 6. The summed E-state index contributed by atoms with van der Waals surface area (Å²) in [6, 6.07) is 7.28. The topological polar surface area (TPSA) is 132 Å². The van der Waals surface area contributed by atoms with Gasteiger partial charge in [-0.15, -0.1) is 0 Å². The zero-order chi connectivity index (χ0) is 20.8. The fourth-order valence-corrected chi connectivity index (χ4v) is 3.53. The van der Waals surface area contributed by atoms with Gasteiger partial charge in [0.15, 0.2) is 11.5 Å². The van der Waals surface area contributed by atoms with Gasteiger partial charge in [0.2, 0.25) is 18.5 Å². The number of aromatic amines is 1. The van der Waals surface area contributed by atoms with Crippen molar-refractivity contribution < 1.29 is 18.8 Å². The first kappa shape index (κ1) is 17.6. The summed E-state index contributed by atoms with van der Waals surface area (Å²) in [4.78, 5) is 27.0. The zero-order valence-electron chi connectivity index (χ0n) is 16.1. The second kappa shape index (κ2) is 6.90. The van der Waals surface area contributed by atoms with Crippen molar-refractivity contribution in [3.8, 4) is 34.3 Å². The summed E-state index contributed by atoms with van der Waals surface area (Å²) in [6.45, 7) is 1.18. The molecule has 0 radical (unpaired) electrons. The van der Waals surface area contributed by atoms with Crippen molar-refractivity contribution in [3.63, 3.8) is 0 Å². The number of carbonyl (C=O) groups excluding carboxylic acids is 1. The van der Waals surface area contributed by atoms with Crippen molar-refractivity contribution >= 4 is 5.91 Å². The standard InChI is InChI=1S/C20H15N7O4/c28-20(14-6-13(24-25-14)11-1-2-16-17(5-11)30-10-29-16)27-8-12(9-27)19-23-18(26-31-19)15-7-21-3-4-22-15/h1-7,12H,8-10H2,(H,24,25). The van der Waals surface area contributed by atoms with Crippen LogP contribution < -0.4 is 9.47 Å². The molecule has 1 saturated heterocycles. The van der Waals surface area contributed by atoms with E-state index in [9.17, 15) is 4.79 Å². The van der Waals surface area contributed by atoms with E-state index in [4.69, 9.17) is 14.0 Å². The molecule has 0 aliphatic carbocycles. The Morgan fingerprint density at radius 3 is 2.87 bits per heavy atom. The Morgan fingerprint density at radius 2 is 2.00 bits per heavy atom. The average molecular weight is 417 g/mol. The van der Waals surface area contributed by atoms with Crippen LogP contribution in [0.1, 0.15) is 22.3 Å². The van der Waals surface area contributed by atoms with Crippen molar-refractivity contribution in [2.24, 2.45) is 0 Å². The highest BCUT2D eigenvalue weighted by molar-refractivity contribution is 5.94. The zero-order valence-corrected chi connectivity index (χ0v) is 16.1. The number of rotatable bonds is 4. The van der Waals surface area contributed by atoms with E-state index in [0.29, 0.717) is 53.4 Å². The fourth-order valence-electron chi connectivity index (χ4n) is 3.53. The van der Waals surface area contributed by atoms with Crippen LogP contribution in [-0.2, 0) is 0 Å². The van der Waals surface area contributed by atoms with Crippen LogP contribution in [0.3, 0.4) is 0 Å². The Labute approximate surface area is 175 Å². The molecule has 2 aliphatic rings. The number of aromatic nitrogens is 6. The predicted molar refractivity (Wildman–Crippen MR) is 104 cm³/mol. The van der Waals surface area contributed by atoms with E-state index in [-0.39, 0.29) is 18.6 Å². The Morgan fingerprint density at radius 1 is 1.10 bits per heavy atom. The molecule has 4 aromatic rings. The summed E-state index contributed by atoms with van der Waals surface area (Å²) >= 11 is 0. The Kier molecular flexibility index (Phi) is 3.91. The Balaban J connectivity index is 1.12. The Hall–Kier alpha value is -4.28. The van der Waals surface area contributed by atoms with Gasteiger partial charge < -0.3 is 18.9 Å². The van der Waals surface area contributed by atoms with Crippen LogP contribution in [0.25, 0.3) is 22.8 Å². The van der Waals surface area contributed by atoms with Gasteiger partial charge in [-0.3, -0.25) is 14.9 Å². The molecule has 0 spiro atoms. The van der Waals surface area contributed by atoms with E-state index in [2.05, 4.69) is 30.3 Å². The number of carbonyl (C=O) groups is 1. The fraction of sp³-hybridized carbons (Fsp3) is 0.200. The van der Waals surface area contributed by atoms with Crippen LogP contribution >= 0.6 is 0 Å². The molecule has 0 bridgehead atoms. The molecule has 1 aromatic carbocycles. The summed E-state index contributed by atoms with van der Waals surface area (Å²) in [5.41, 5.74) is 2.45. The Bertz CT molecular complexity index is 1260. The number of amides is 1. The molecule has 1 N–H and O–H groups in total. The van der Waals surface area contributed by atoms with Crippen molar-refractivity contribution in [1.82, 2.24) is 35.2 Å². The molecule has 2 aliphatic heterocycles. The quantitative estimate of drug-likeness (QED) is 0.528. The number of ether oxygens (including phenoxy) is 2. The maximum atomic E-state index is 12.8. The molecule has 11 nitrogen and oxygen atoms in total. The summed E-state index contributed by atoms with van der Waals surface area (Å²) in [5.74, 6) is 2.08. The van der Waals surface area contributed by atoms with Crippen molar-refractivity contribution in [2.75, 3.05) is 19.9 Å². The second-order valence-electron chi connectivity index (χ2n) is 7.19. The molecule has 31 heavy (non-hydrogen) atoms. The number of hydrogen-bond donors (Lipinski definition) is 1. The van der Waals surface area contributed by atoms with Crippen molar-refractivity contribution in [2.45, 2.75) is 5.92 Å². The molecule has 3 aromatic heterocycles. The first-order valence-corrected chi connectivity index (χ1v) is 9.59. The lowest BCUT2D eigenvalue weighted by molar-refractivity contribution is 0.0563. The highest BCUT2D eigenvalue weighted by Gasteiger charge is 2.36. The van der Waals surface area contributed by atoms with E-state index in [1.807, 2.05) is 18.2 Å². The molecule has 1 amide bonds. The lowest BCUT2D eigenvalue weighted by Crippen LogP contribution is -2.48. The maximum Gasteiger partial charge on any atom is 0.271 e. The van der Waals surface area contributed by atoms with Gasteiger partial charge in [0.25, 0.3) is 5.91 Å². The first-order chi connectivity index (χ1) is 15.2. The van der Waals surface area contributed by atoms with Crippen LogP contribution in [0, 0.1) is 0 Å². The number of H-pyrrole nitrogens is 1. The van der Waals surface area contributed by atoms with Crippen LogP contribution in [0.4, 0.5) is 0 Å². The molecular formula is C20H15N7O4. The number of nitrogens with one attached hydrogen (secondary N) is 1. The van der Waals surface area contributed by atoms with Gasteiger partial charge in [-0.25, -0.2) is 4.98 Å². The van der Waals surface area contributed by atoms with Crippen LogP contribution in [0.15, 0.2) is 47.4 Å². The smallest absolute Gasteiger partial charge is 0.271 e. The van der Waals surface area contributed by atoms with Gasteiger partial charge in [0.1, 0.15) is 11.4 Å². The molecule has 11 heteroatoms. The minimum atomic E-state index is -0.135. The molecule has 0 unspecified atom stereocenters. The van der Waals surface area contributed by atoms with Gasteiger partial charge in [-0.05, 0) is 24.3 Å². The average Bonchev–Trinajstić information content (AvgIpc) is 3.52. The van der Waals surface area contributed by atoms with E-state index < -0.39 is 0 Å². The van der Waals surface area contributed by atoms with Crippen LogP contribution in [-0.4, -0.2) is 61.0 Å². The van der Waals surface area contributed by atoms with Gasteiger partial charge >= 0.3 is 0 Å². The van der Waals surface area contributed by atoms with Crippen molar-refractivity contribution in [1.29, 1.82) is 0 Å². The number of fused-ring (bicyclic) bond motifs is 1. The van der Waals surface area contributed by atoms with Crippen LogP contribution in [0.5, 0.6) is 11.5 Å². The highest BCUT2D eigenvalue weighted by Crippen LogP contribution is 2.35. The van der Waals surface area contributed by atoms with E-state index in [1.54, 1.807) is 29.6 Å². The molecular weight excluding hydrogens is 402 g/mol. The van der Waals surface area contributed by atoms with E-state index in [0.717, 1.165) is 5.56 Å². The third-order valence-electron chi connectivity index (χ3n) is 5.23. The number of hydrogen-bond acceptors (Lipinski definition) is 9. The molecule has 0 atom stereocenters. The lowest BCUT2D eigenvalue weighted by Gasteiger charge is -2.36. The predicted octanol–water partition coefficient (Wildman–Crippen LogP) is 1.88. The molecule has 5 heterocycles. The summed E-state index contributed by atoms with van der Waals surface area (Å²) in [6.07, 6.45) is 4.71. The third-order valence-corrected chi connectivity index (χ3v) is 5.23. The van der Waals surface area contributed by atoms with E-state index in [1.165, 1.54) is 0 Å². The first-order valence-electron chi connectivity index (χ1n) is 9.59. The van der Waals surface area contributed by atoms with Gasteiger partial charge in [-0.2, -0.15) is 10.1 Å². The largest absolute Gasteiger partial charge is 0.454 e. The summed E-state index contributed by atoms with van der Waals surface area (Å²) in [7, 11) is 0. The monoisotopic (exact) mass is 417 g/mol. The molecule has 6 rings (SSSR count). The van der Waals surface area contributed by atoms with Crippen LogP contribution in [0.2, 0.25) is 0 Å². The van der Waals surface area contributed by atoms with E-state index >= 15 is 0 Å². The maximum absolute atomic E-state index is 12.8. The lowest BCUT2D eigenvalue weighted by atomic mass is 9.99. The minimum absolute atomic E-state index is 0.0156. The molecule has 1 fully saturated rings. The van der Waals surface area contributed by atoms with Gasteiger partial charge in [-0.1, -0.05) is 5.16 Å². The summed E-state index contributed by atoms with van der Waals surface area (Å²) < 4.78 is 16.1. The normalized spacial score (nSPS) is 15.2. The van der Waals surface area contributed by atoms with Gasteiger partial charge in [0.05, 0.1) is 17.8 Å². The summed E-state index contributed by atoms with van der Waals surface area (Å²) in [5, 5.41) is 11.0. The highest BCUT2D eigenvalue weighted by atomic mass is 16.7. The number of benzene rings is 1. The molecule has 154 valence electrons. The second-order valence-corrected chi connectivity index (χ2v) is 7.19. The number of likely N-dealkylation sites (tertiary alicyclic amines) is 1. The van der Waals surface area contributed by atoms with Crippen molar-refractivity contribution in [3.05, 3.63) is 54.4 Å². The SMILES string of the molecule is O=C(c1cc(-c2ccc3c(c2)OCO3)n[nH]1)N1CC(c2nc(-c3cnccn3)no2)C1.